The summed E-state index contributed by atoms with van der Waals surface area (Å²) in [6.45, 7) is -0.0407. The summed E-state index contributed by atoms with van der Waals surface area (Å²) in [6, 6.07) is 10.6. The van der Waals surface area contributed by atoms with Crippen LogP contribution in [0.15, 0.2) is 41.3 Å². The van der Waals surface area contributed by atoms with Gasteiger partial charge in [-0.15, -0.1) is 0 Å². The third-order valence-corrected chi connectivity index (χ3v) is 6.13. The largest absolute Gasteiger partial charge is 0.486 e. The molecule has 8 heteroatoms. The van der Waals surface area contributed by atoms with Gasteiger partial charge in [0.15, 0.2) is 0 Å². The van der Waals surface area contributed by atoms with E-state index in [4.69, 9.17) is 27.9 Å². The Morgan fingerprint density at radius 2 is 1.92 bits per heavy atom. The zero-order valence-electron chi connectivity index (χ0n) is 12.5. The number of hydrogen-bond donors (Lipinski definition) is 2. The summed E-state index contributed by atoms with van der Waals surface area (Å²) < 4.78 is 33.2. The molecule has 0 bridgehead atoms. The fraction of sp³-hybridized carbons (Fsp3) is 0.250. The van der Waals surface area contributed by atoms with E-state index in [0.717, 1.165) is 5.56 Å². The predicted molar refractivity (Wildman–Crippen MR) is 92.1 cm³/mol. The highest BCUT2D eigenvalue weighted by Crippen LogP contribution is 2.43. The van der Waals surface area contributed by atoms with Crippen molar-refractivity contribution in [3.05, 3.63) is 57.6 Å². The summed E-state index contributed by atoms with van der Waals surface area (Å²) in [6.07, 6.45) is -0.0620. The van der Waals surface area contributed by atoms with Gasteiger partial charge in [-0.25, -0.2) is 13.1 Å². The highest BCUT2D eigenvalue weighted by atomic mass is 35.5. The minimum atomic E-state index is -3.84. The minimum absolute atomic E-state index is 0.0465. The zero-order chi connectivity index (χ0) is 17.3. The number of rotatable bonds is 5. The van der Waals surface area contributed by atoms with Crippen LogP contribution in [0.5, 0.6) is 5.75 Å². The first-order chi connectivity index (χ1) is 11.4. The maximum atomic E-state index is 12.6. The molecule has 24 heavy (non-hydrogen) atoms. The molecule has 0 saturated heterocycles. The van der Waals surface area contributed by atoms with Gasteiger partial charge in [-0.05, 0) is 11.6 Å². The van der Waals surface area contributed by atoms with Crippen LogP contribution in [0, 0.1) is 0 Å². The molecule has 0 fully saturated rings. The maximum Gasteiger partial charge on any atom is 0.242 e. The van der Waals surface area contributed by atoms with Crippen LogP contribution in [0.4, 0.5) is 0 Å². The molecule has 2 aromatic carbocycles. The summed E-state index contributed by atoms with van der Waals surface area (Å²) in [5.74, 6) is 0.336. The molecule has 0 aromatic heterocycles. The fourth-order valence-corrected chi connectivity index (χ4v) is 4.43. The van der Waals surface area contributed by atoms with Gasteiger partial charge in [0.05, 0.1) is 11.6 Å². The van der Waals surface area contributed by atoms with Crippen molar-refractivity contribution in [2.75, 3.05) is 6.61 Å². The van der Waals surface area contributed by atoms with E-state index < -0.39 is 16.1 Å². The van der Waals surface area contributed by atoms with Gasteiger partial charge in [0, 0.05) is 18.5 Å². The third kappa shape index (κ3) is 3.38. The van der Waals surface area contributed by atoms with E-state index in [2.05, 4.69) is 4.72 Å². The van der Waals surface area contributed by atoms with E-state index in [1.54, 1.807) is 0 Å². The molecule has 0 radical (unpaired) electrons. The second-order valence-electron chi connectivity index (χ2n) is 5.43. The number of fused-ring (bicyclic) bond motifs is 1. The number of nitrogens with one attached hydrogen (secondary N) is 1. The van der Waals surface area contributed by atoms with E-state index in [1.807, 2.05) is 30.3 Å². The quantitative estimate of drug-likeness (QED) is 0.826. The van der Waals surface area contributed by atoms with E-state index in [-0.39, 0.29) is 28.1 Å². The van der Waals surface area contributed by atoms with Crippen LogP contribution in [-0.2, 0) is 23.0 Å². The van der Waals surface area contributed by atoms with Crippen LogP contribution in [-0.4, -0.2) is 26.2 Å². The topological polar surface area (TPSA) is 75.6 Å². The molecular weight excluding hydrogens is 373 g/mol. The van der Waals surface area contributed by atoms with Crippen LogP contribution in [0.25, 0.3) is 0 Å². The lowest BCUT2D eigenvalue weighted by atomic mass is 10.1. The van der Waals surface area contributed by atoms with Gasteiger partial charge >= 0.3 is 0 Å². The standard InChI is InChI=1S/C16H15Cl2NO4S/c17-14-13(7-11-6-12(9-20)23-16(11)15(14)18)24(21,22)19-8-10-4-2-1-3-5-10/h1-5,7,12,19-20H,6,8-9H2. The van der Waals surface area contributed by atoms with Crippen molar-refractivity contribution in [1.29, 1.82) is 0 Å². The summed E-state index contributed by atoms with van der Waals surface area (Å²) in [5, 5.41) is 9.16. The highest BCUT2D eigenvalue weighted by Gasteiger charge is 2.31. The Labute approximate surface area is 150 Å². The van der Waals surface area contributed by atoms with Gasteiger partial charge in [-0.3, -0.25) is 0 Å². The Kier molecular flexibility index (Phi) is 5.03. The van der Waals surface area contributed by atoms with Gasteiger partial charge < -0.3 is 9.84 Å². The average molecular weight is 388 g/mol. The van der Waals surface area contributed by atoms with Crippen molar-refractivity contribution >= 4 is 33.2 Å². The first-order valence-electron chi connectivity index (χ1n) is 7.24. The van der Waals surface area contributed by atoms with E-state index in [1.165, 1.54) is 6.07 Å². The highest BCUT2D eigenvalue weighted by molar-refractivity contribution is 7.89. The average Bonchev–Trinajstić information content (AvgIpc) is 3.01. The van der Waals surface area contributed by atoms with Crippen molar-refractivity contribution in [1.82, 2.24) is 4.72 Å². The smallest absolute Gasteiger partial charge is 0.242 e. The Morgan fingerprint density at radius 3 is 2.58 bits per heavy atom. The van der Waals surface area contributed by atoms with Gasteiger partial charge in [0.25, 0.3) is 0 Å². The number of aliphatic hydroxyl groups is 1. The first-order valence-corrected chi connectivity index (χ1v) is 9.48. The third-order valence-electron chi connectivity index (χ3n) is 3.74. The molecule has 1 unspecified atom stereocenters. The molecular formula is C16H15Cl2NO4S. The summed E-state index contributed by atoms with van der Waals surface area (Å²) in [7, 11) is -3.84. The summed E-state index contributed by atoms with van der Waals surface area (Å²) >= 11 is 12.3. The van der Waals surface area contributed by atoms with Crippen LogP contribution in [0.1, 0.15) is 11.1 Å². The molecule has 2 N–H and O–H groups in total. The molecule has 0 saturated carbocycles. The SMILES string of the molecule is O=S(=O)(NCc1ccccc1)c1cc2c(c(Cl)c1Cl)OC(CO)C2. The molecule has 0 spiro atoms. The molecule has 128 valence electrons. The Morgan fingerprint density at radius 1 is 1.21 bits per heavy atom. The van der Waals surface area contributed by atoms with Crippen LogP contribution in [0.3, 0.4) is 0 Å². The molecule has 0 aliphatic carbocycles. The normalized spacial score (nSPS) is 16.7. The predicted octanol–water partition coefficient (Wildman–Crippen LogP) is 2.77. The number of sulfonamides is 1. The Hall–Kier alpha value is -1.31. The molecule has 2 aromatic rings. The molecule has 3 rings (SSSR count). The van der Waals surface area contributed by atoms with Gasteiger partial charge in [-0.1, -0.05) is 53.5 Å². The van der Waals surface area contributed by atoms with Crippen LogP contribution in [0.2, 0.25) is 10.0 Å². The Balaban J connectivity index is 1.90. The molecule has 1 atom stereocenters. The van der Waals surface area contributed by atoms with Gasteiger partial charge in [0.2, 0.25) is 10.0 Å². The first kappa shape index (κ1) is 17.5. The maximum absolute atomic E-state index is 12.6. The number of halogens is 2. The minimum Gasteiger partial charge on any atom is -0.486 e. The van der Waals surface area contributed by atoms with E-state index in [0.29, 0.717) is 17.7 Å². The Bertz CT molecular complexity index is 856. The number of benzene rings is 2. The lowest BCUT2D eigenvalue weighted by Crippen LogP contribution is -2.23. The molecule has 0 amide bonds. The number of ether oxygens (including phenoxy) is 1. The van der Waals surface area contributed by atoms with Crippen LogP contribution >= 0.6 is 23.2 Å². The van der Waals surface area contributed by atoms with Crippen molar-refractivity contribution in [3.63, 3.8) is 0 Å². The van der Waals surface area contributed by atoms with Crippen molar-refractivity contribution in [3.8, 4) is 5.75 Å². The second kappa shape index (κ2) is 6.90. The lowest BCUT2D eigenvalue weighted by molar-refractivity contribution is 0.134. The fourth-order valence-electron chi connectivity index (χ4n) is 2.52. The zero-order valence-corrected chi connectivity index (χ0v) is 14.8. The summed E-state index contributed by atoms with van der Waals surface area (Å²) in [4.78, 5) is -0.0916. The molecule has 5 nitrogen and oxygen atoms in total. The summed E-state index contributed by atoms with van der Waals surface area (Å²) in [5.41, 5.74) is 1.44. The number of aliphatic hydroxyl groups excluding tert-OH is 1. The van der Waals surface area contributed by atoms with Crippen LogP contribution < -0.4 is 9.46 Å². The monoisotopic (exact) mass is 387 g/mol. The second-order valence-corrected chi connectivity index (χ2v) is 7.92. The molecule has 1 heterocycles. The van der Waals surface area contributed by atoms with Crippen molar-refractivity contribution in [2.24, 2.45) is 0 Å². The van der Waals surface area contributed by atoms with Crippen molar-refractivity contribution < 1.29 is 18.3 Å². The number of hydrogen-bond acceptors (Lipinski definition) is 4. The van der Waals surface area contributed by atoms with Gasteiger partial charge in [-0.2, -0.15) is 0 Å². The van der Waals surface area contributed by atoms with Gasteiger partial charge in [0.1, 0.15) is 21.8 Å². The molecule has 1 aliphatic heterocycles. The van der Waals surface area contributed by atoms with Crippen molar-refractivity contribution in [2.45, 2.75) is 24.0 Å². The lowest BCUT2D eigenvalue weighted by Gasteiger charge is -2.12. The molecule has 1 aliphatic rings. The van der Waals surface area contributed by atoms with E-state index >= 15 is 0 Å². The van der Waals surface area contributed by atoms with E-state index in [9.17, 15) is 13.5 Å².